The minimum atomic E-state index is -1.44. The molecule has 402 valence electrons. The summed E-state index contributed by atoms with van der Waals surface area (Å²) in [6, 6.07) is 12.2. The number of benzene rings is 3. The molecule has 10 rings (SSSR count). The number of esters is 1. The number of nitrogens with zero attached hydrogens (tertiary/aromatic N) is 5. The van der Waals surface area contributed by atoms with Gasteiger partial charge in [-0.2, -0.15) is 4.98 Å². The lowest BCUT2D eigenvalue weighted by molar-refractivity contribution is -0.396. The zero-order valence-electron chi connectivity index (χ0n) is 40.7. The van der Waals surface area contributed by atoms with Gasteiger partial charge in [0.2, 0.25) is 18.5 Å². The first-order valence-electron chi connectivity index (χ1n) is 23.4. The van der Waals surface area contributed by atoms with E-state index < -0.39 is 77.7 Å². The molecule has 10 atom stereocenters. The summed E-state index contributed by atoms with van der Waals surface area (Å²) in [7, 11) is 2.86. The molecule has 3 saturated heterocycles. The van der Waals surface area contributed by atoms with Crippen molar-refractivity contribution in [2.45, 2.75) is 75.8 Å². The number of phenols is 1. The van der Waals surface area contributed by atoms with Gasteiger partial charge in [-0.3, -0.25) is 9.59 Å². The number of carbonyl (C=O) groups excluding carboxylic acids is 2. The maximum absolute atomic E-state index is 13.4. The summed E-state index contributed by atoms with van der Waals surface area (Å²) in [6.45, 7) is 3.68. The molecule has 1 aliphatic carbocycles. The number of hydrogen-bond acceptors (Lipinski definition) is 22. The molecule has 6 heterocycles. The van der Waals surface area contributed by atoms with E-state index >= 15 is 0 Å². The standard InChI is InChI=1S/C29H32O13.C12H12Cl2N4.C7H10N4O4/c1-11-36-9-20-27(40-11)24(31)25(32)29(41-20)42-26-14-7-17-16(38-10-39-17)6-13(14)21(22-15(26)8-37-28(22)33)12-4-18(34-2)23(30)19(5-12)35-3;1-2-9-10(11(15)18-12(16)17-9)6-3-4-7(13)8(14)5-6;12-4-2-8-6(13)5-10-3-1-9-7(10)11(14)15/h4-7,11,15,20-22,24-27,29-32H,8-10H2,1-3H3;3-5H,2H2,1H3,(H4,15,16,17,18);1,3,12H,2,4-5H2,(H,8,13)/t11-,15+,20-,21-,22+,24-,25-,26-,27-,29+;;/m1../s1. The highest BCUT2D eigenvalue weighted by atomic mass is 35.5. The van der Waals surface area contributed by atoms with Crippen molar-refractivity contribution in [1.82, 2.24) is 24.8 Å². The molecule has 27 heteroatoms. The Hall–Kier alpha value is -6.81. The van der Waals surface area contributed by atoms with Gasteiger partial charge < -0.3 is 90.0 Å². The maximum atomic E-state index is 13.4. The van der Waals surface area contributed by atoms with E-state index in [-0.39, 0.29) is 68.8 Å². The molecule has 4 aliphatic heterocycles. The number of hydrogen-bond donors (Lipinski definition) is 7. The third-order valence-electron chi connectivity index (χ3n) is 12.9. The zero-order valence-corrected chi connectivity index (χ0v) is 42.2. The predicted octanol–water partition coefficient (Wildman–Crippen LogP) is 3.42. The molecular weight excluding hydrogens is 1030 g/mol. The molecule has 5 aliphatic rings. The molecule has 0 radical (unpaired) electrons. The number of methoxy groups -OCH3 is 2. The number of cyclic esters (lactones) is 1. The number of imidazole rings is 1. The summed E-state index contributed by atoms with van der Waals surface area (Å²) >= 11 is 11.9. The van der Waals surface area contributed by atoms with Crippen LogP contribution in [-0.4, -0.2) is 141 Å². The highest BCUT2D eigenvalue weighted by Crippen LogP contribution is 2.57. The number of ether oxygens (including phenoxy) is 9. The maximum Gasteiger partial charge on any atom is 0.435 e. The number of rotatable bonds is 12. The normalized spacial score (nSPS) is 24.9. The van der Waals surface area contributed by atoms with Gasteiger partial charge in [0.25, 0.3) is 5.91 Å². The number of anilines is 2. The highest BCUT2D eigenvalue weighted by molar-refractivity contribution is 6.42. The van der Waals surface area contributed by atoms with E-state index in [1.54, 1.807) is 43.3 Å². The van der Waals surface area contributed by atoms with Crippen molar-refractivity contribution in [3.8, 4) is 39.9 Å². The van der Waals surface area contributed by atoms with E-state index in [0.29, 0.717) is 50.5 Å². The van der Waals surface area contributed by atoms with Gasteiger partial charge in [-0.15, -0.1) is 0 Å². The molecule has 2 aromatic heterocycles. The molecule has 0 bridgehead atoms. The Balaban J connectivity index is 0.000000186. The number of fused-ring (bicyclic) bond motifs is 4. The molecule has 3 aromatic carbocycles. The lowest BCUT2D eigenvalue weighted by Gasteiger charge is -2.47. The monoisotopic (exact) mass is 1080 g/mol. The summed E-state index contributed by atoms with van der Waals surface area (Å²) in [6.07, 6.45) is -3.50. The van der Waals surface area contributed by atoms with Gasteiger partial charge in [-0.1, -0.05) is 41.2 Å². The van der Waals surface area contributed by atoms with E-state index in [4.69, 9.17) is 82.4 Å². The van der Waals surface area contributed by atoms with E-state index in [0.717, 1.165) is 21.4 Å². The van der Waals surface area contributed by atoms with Crippen LogP contribution in [-0.2, 0) is 46.2 Å². The number of aliphatic hydroxyl groups excluding tert-OH is 3. The number of nitrogen functional groups attached to an aromatic ring is 2. The Morgan fingerprint density at radius 3 is 2.33 bits per heavy atom. The minimum Gasteiger partial charge on any atom is -0.502 e. The van der Waals surface area contributed by atoms with Crippen LogP contribution in [0.4, 0.5) is 17.7 Å². The third-order valence-corrected chi connectivity index (χ3v) is 13.7. The number of phenolic OH excluding ortho intramolecular Hbond substituents is 1. The van der Waals surface area contributed by atoms with Crippen LogP contribution in [0.2, 0.25) is 10.0 Å². The summed E-state index contributed by atoms with van der Waals surface area (Å²) in [4.78, 5) is 46.0. The molecule has 0 spiro atoms. The molecular formula is C48H54Cl2N8O17. The van der Waals surface area contributed by atoms with Gasteiger partial charge >= 0.3 is 11.9 Å². The third kappa shape index (κ3) is 11.4. The first kappa shape index (κ1) is 54.5. The van der Waals surface area contributed by atoms with Crippen LogP contribution in [0.25, 0.3) is 11.1 Å². The molecule has 25 nitrogen and oxygen atoms in total. The second-order valence-electron chi connectivity index (χ2n) is 17.4. The van der Waals surface area contributed by atoms with Crippen molar-refractivity contribution in [2.75, 3.05) is 58.8 Å². The molecule has 9 N–H and O–H groups in total. The Bertz CT molecular complexity index is 2890. The zero-order chi connectivity index (χ0) is 53.8. The molecule has 0 unspecified atom stereocenters. The van der Waals surface area contributed by atoms with E-state index in [2.05, 4.69) is 20.3 Å². The van der Waals surface area contributed by atoms with Crippen LogP contribution in [0.5, 0.6) is 28.7 Å². The number of amides is 1. The Kier molecular flexibility index (Phi) is 17.0. The number of nitro groups is 1. The quantitative estimate of drug-likeness (QED) is 0.0534. The smallest absolute Gasteiger partial charge is 0.435 e. The van der Waals surface area contributed by atoms with Crippen molar-refractivity contribution < 1.29 is 77.6 Å². The fourth-order valence-electron chi connectivity index (χ4n) is 9.51. The van der Waals surface area contributed by atoms with Crippen LogP contribution in [0.3, 0.4) is 0 Å². The van der Waals surface area contributed by atoms with Crippen molar-refractivity contribution in [1.29, 1.82) is 0 Å². The largest absolute Gasteiger partial charge is 0.502 e. The van der Waals surface area contributed by atoms with Crippen LogP contribution in [0.1, 0.15) is 48.3 Å². The lowest BCUT2D eigenvalue weighted by atomic mass is 9.66. The number of nitrogens with one attached hydrogen (secondary N) is 1. The van der Waals surface area contributed by atoms with Gasteiger partial charge in [0.15, 0.2) is 42.1 Å². The predicted molar refractivity (Wildman–Crippen MR) is 263 cm³/mol. The molecule has 1 amide bonds. The summed E-state index contributed by atoms with van der Waals surface area (Å²) in [5, 5.41) is 54.7. The van der Waals surface area contributed by atoms with Crippen molar-refractivity contribution in [3.05, 3.63) is 97.4 Å². The number of halogens is 2. The van der Waals surface area contributed by atoms with E-state index in [9.17, 15) is 35.0 Å². The minimum absolute atomic E-state index is 0.0301. The summed E-state index contributed by atoms with van der Waals surface area (Å²) < 4.78 is 52.6. The fraction of sp³-hybridized carbons (Fsp3) is 0.438. The first-order chi connectivity index (χ1) is 36.0. The van der Waals surface area contributed by atoms with Crippen molar-refractivity contribution >= 4 is 52.8 Å². The summed E-state index contributed by atoms with van der Waals surface area (Å²) in [5.74, 6) is -1.30. The molecule has 5 aromatic rings. The number of aromatic nitrogens is 4. The number of aromatic hydroxyl groups is 1. The molecule has 3 fully saturated rings. The van der Waals surface area contributed by atoms with Crippen LogP contribution >= 0.6 is 23.2 Å². The van der Waals surface area contributed by atoms with Gasteiger partial charge in [0.05, 0.1) is 61.8 Å². The highest BCUT2D eigenvalue weighted by Gasteiger charge is 2.56. The average Bonchev–Trinajstić information content (AvgIpc) is 4.16. The van der Waals surface area contributed by atoms with Gasteiger partial charge in [-0.25, -0.2) is 9.55 Å². The van der Waals surface area contributed by atoms with E-state index in [1.807, 2.05) is 13.0 Å². The Morgan fingerprint density at radius 1 is 0.973 bits per heavy atom. The van der Waals surface area contributed by atoms with Gasteiger partial charge in [0.1, 0.15) is 42.6 Å². The number of nitrogens with two attached hydrogens (primary N) is 2. The van der Waals surface area contributed by atoms with Crippen molar-refractivity contribution in [2.24, 2.45) is 11.8 Å². The number of aliphatic hydroxyl groups is 3. The summed E-state index contributed by atoms with van der Waals surface area (Å²) in [5.41, 5.74) is 15.9. The second kappa shape index (κ2) is 23.4. The van der Waals surface area contributed by atoms with Crippen molar-refractivity contribution in [3.63, 3.8) is 0 Å². The lowest BCUT2D eigenvalue weighted by Crippen LogP contribution is -2.63. The average molecular weight is 1090 g/mol. The van der Waals surface area contributed by atoms with Gasteiger partial charge in [0, 0.05) is 23.9 Å². The van der Waals surface area contributed by atoms with Gasteiger partial charge in [-0.05, 0) is 76.9 Å². The topological polar surface area (TPSA) is 349 Å². The fourth-order valence-corrected chi connectivity index (χ4v) is 9.80. The Morgan fingerprint density at radius 2 is 1.68 bits per heavy atom. The van der Waals surface area contributed by atoms with Crippen LogP contribution in [0.15, 0.2) is 54.9 Å². The second-order valence-corrected chi connectivity index (χ2v) is 18.3. The molecule has 0 saturated carbocycles. The van der Waals surface area contributed by atoms with Crippen LogP contribution in [0, 0.1) is 22.0 Å². The van der Waals surface area contributed by atoms with Crippen LogP contribution < -0.4 is 35.7 Å². The Labute approximate surface area is 437 Å². The van der Waals surface area contributed by atoms with E-state index in [1.165, 1.54) is 26.6 Å². The molecule has 75 heavy (non-hydrogen) atoms. The number of carbonyl (C=O) groups is 2. The SMILES string of the molecule is CCc1nc(N)nc(N)c1-c1ccc(Cl)c(Cl)c1.COc1cc([C@@H]2c3cc4c(cc3[C@@H](O[C@@H]3O[C@@H]5CO[C@@H](C)O[C@H]5[C@H](O)[C@H]3O)[C@H]3COC(=O)[C@H]23)OCO4)cc(OC)c1O.O=C(Cn1ccnc1[N+](=O)[O-])NCCO. The number of aryl methyl sites for hydroxylation is 1. The first-order valence-corrected chi connectivity index (χ1v) is 24.1.